The third-order valence-electron chi connectivity index (χ3n) is 5.93. The van der Waals surface area contributed by atoms with Gasteiger partial charge in [0.15, 0.2) is 0 Å². The lowest BCUT2D eigenvalue weighted by atomic mass is 10.0. The fourth-order valence-corrected chi connectivity index (χ4v) is 4.11. The van der Waals surface area contributed by atoms with Crippen LogP contribution in [0.25, 0.3) is 0 Å². The Hall–Kier alpha value is -2.44. The highest BCUT2D eigenvalue weighted by atomic mass is 35.5. The molecule has 2 amide bonds. The molecule has 0 aromatic heterocycles. The number of carbonyl (C=O) groups excluding carboxylic acids is 1. The van der Waals surface area contributed by atoms with Crippen LogP contribution in [-0.4, -0.2) is 55.7 Å². The Labute approximate surface area is 202 Å². The monoisotopic (exact) mass is 473 g/mol. The average molecular weight is 474 g/mol. The lowest BCUT2D eigenvalue weighted by Gasteiger charge is -2.37. The second-order valence-electron chi connectivity index (χ2n) is 9.13. The van der Waals surface area contributed by atoms with Gasteiger partial charge in [0.1, 0.15) is 11.5 Å². The number of ether oxygens (including phenoxy) is 2. The van der Waals surface area contributed by atoms with E-state index in [9.17, 15) is 4.79 Å². The minimum Gasteiger partial charge on any atom is -0.496 e. The molecule has 3 rings (SSSR count). The summed E-state index contributed by atoms with van der Waals surface area (Å²) in [5.74, 6) is 2.03. The van der Waals surface area contributed by atoms with Crippen molar-refractivity contribution < 1.29 is 14.3 Å². The van der Waals surface area contributed by atoms with Gasteiger partial charge in [-0.05, 0) is 68.7 Å². The summed E-state index contributed by atoms with van der Waals surface area (Å²) in [6, 6.07) is 13.6. The highest BCUT2D eigenvalue weighted by molar-refractivity contribution is 6.30. The van der Waals surface area contributed by atoms with E-state index in [4.69, 9.17) is 21.1 Å². The van der Waals surface area contributed by atoms with Crippen LogP contribution in [0.2, 0.25) is 5.02 Å². The Morgan fingerprint density at radius 3 is 2.52 bits per heavy atom. The minimum atomic E-state index is -0.0679. The molecule has 2 aromatic rings. The summed E-state index contributed by atoms with van der Waals surface area (Å²) >= 11 is 6.14. The number of hydrogen-bond donors (Lipinski definition) is 1. The van der Waals surface area contributed by atoms with Crippen LogP contribution in [-0.2, 0) is 13.1 Å². The maximum absolute atomic E-state index is 13.3. The molecule has 0 atom stereocenters. The van der Waals surface area contributed by atoms with Crippen molar-refractivity contribution in [1.82, 2.24) is 15.1 Å². The molecule has 1 saturated heterocycles. The van der Waals surface area contributed by atoms with Crippen molar-refractivity contribution in [2.45, 2.75) is 45.8 Å². The number of halogens is 1. The van der Waals surface area contributed by atoms with Gasteiger partial charge in [0.25, 0.3) is 0 Å². The molecule has 1 fully saturated rings. The number of carbonyl (C=O) groups is 1. The van der Waals surface area contributed by atoms with Crippen molar-refractivity contribution in [2.75, 3.05) is 33.9 Å². The lowest BCUT2D eigenvalue weighted by Crippen LogP contribution is -2.49. The molecule has 0 saturated carbocycles. The summed E-state index contributed by atoms with van der Waals surface area (Å²) in [4.78, 5) is 17.6. The maximum atomic E-state index is 13.3. The molecule has 7 heteroatoms. The Morgan fingerprint density at radius 2 is 1.88 bits per heavy atom. The topological polar surface area (TPSA) is 54.0 Å². The SMILES string of the molecule is COc1cc(Cl)ccc1CN(C(=O)NCc1ccc(OCC(C)C)cc1)C1CCN(C)CC1. The minimum absolute atomic E-state index is 0.0679. The number of piperidine rings is 1. The predicted octanol–water partition coefficient (Wildman–Crippen LogP) is 5.19. The lowest BCUT2D eigenvalue weighted by molar-refractivity contribution is 0.126. The molecule has 33 heavy (non-hydrogen) atoms. The van der Waals surface area contributed by atoms with Gasteiger partial charge < -0.3 is 24.6 Å². The van der Waals surface area contributed by atoms with Crippen molar-refractivity contribution in [3.8, 4) is 11.5 Å². The zero-order valence-electron chi connectivity index (χ0n) is 20.1. The first-order valence-corrected chi connectivity index (χ1v) is 12.0. The molecule has 2 aromatic carbocycles. The summed E-state index contributed by atoms with van der Waals surface area (Å²) in [6.07, 6.45) is 1.89. The van der Waals surface area contributed by atoms with Gasteiger partial charge in [0.05, 0.1) is 20.3 Å². The van der Waals surface area contributed by atoms with Gasteiger partial charge >= 0.3 is 6.03 Å². The first-order chi connectivity index (χ1) is 15.9. The van der Waals surface area contributed by atoms with Crippen LogP contribution >= 0.6 is 11.6 Å². The van der Waals surface area contributed by atoms with E-state index in [1.54, 1.807) is 13.2 Å². The molecule has 1 aliphatic rings. The first kappa shape index (κ1) is 25.2. The maximum Gasteiger partial charge on any atom is 0.318 e. The number of methoxy groups -OCH3 is 1. The quantitative estimate of drug-likeness (QED) is 0.544. The van der Waals surface area contributed by atoms with Gasteiger partial charge in [-0.1, -0.05) is 43.6 Å². The molecule has 0 spiro atoms. The number of likely N-dealkylation sites (tertiary alicyclic amines) is 1. The largest absolute Gasteiger partial charge is 0.496 e. The van der Waals surface area contributed by atoms with E-state index in [-0.39, 0.29) is 12.1 Å². The molecular weight excluding hydrogens is 438 g/mol. The van der Waals surface area contributed by atoms with Crippen LogP contribution in [0.15, 0.2) is 42.5 Å². The standard InChI is InChI=1S/C26H36ClN3O3/c1-19(2)18-33-24-9-5-20(6-10-24)16-28-26(31)30(23-11-13-29(3)14-12-23)17-21-7-8-22(27)15-25(21)32-4/h5-10,15,19,23H,11-14,16-18H2,1-4H3,(H,28,31). The molecule has 6 nitrogen and oxygen atoms in total. The Bertz CT molecular complexity index is 896. The van der Waals surface area contributed by atoms with Crippen LogP contribution in [0.1, 0.15) is 37.8 Å². The molecule has 0 radical (unpaired) electrons. The molecule has 0 unspecified atom stereocenters. The smallest absolute Gasteiger partial charge is 0.318 e. The zero-order chi connectivity index (χ0) is 23.8. The van der Waals surface area contributed by atoms with Crippen molar-refractivity contribution in [3.05, 3.63) is 58.6 Å². The van der Waals surface area contributed by atoms with Crippen molar-refractivity contribution in [2.24, 2.45) is 5.92 Å². The van der Waals surface area contributed by atoms with Crippen molar-refractivity contribution in [3.63, 3.8) is 0 Å². The van der Waals surface area contributed by atoms with Gasteiger partial charge in [-0.3, -0.25) is 0 Å². The van der Waals surface area contributed by atoms with Crippen LogP contribution in [0.5, 0.6) is 11.5 Å². The number of nitrogens with one attached hydrogen (secondary N) is 1. The molecule has 1 N–H and O–H groups in total. The van der Waals surface area contributed by atoms with Gasteiger partial charge in [-0.15, -0.1) is 0 Å². The van der Waals surface area contributed by atoms with Crippen LogP contribution in [0, 0.1) is 5.92 Å². The number of urea groups is 1. The van der Waals surface area contributed by atoms with Crippen LogP contribution in [0.3, 0.4) is 0 Å². The summed E-state index contributed by atoms with van der Waals surface area (Å²) in [5, 5.41) is 3.73. The molecule has 1 aliphatic heterocycles. The van der Waals surface area contributed by atoms with Gasteiger partial charge in [0.2, 0.25) is 0 Å². The van der Waals surface area contributed by atoms with Crippen LogP contribution < -0.4 is 14.8 Å². The summed E-state index contributed by atoms with van der Waals surface area (Å²) in [6.45, 7) is 7.83. The van der Waals surface area contributed by atoms with E-state index < -0.39 is 0 Å². The molecular formula is C26H36ClN3O3. The molecule has 180 valence electrons. The van der Waals surface area contributed by atoms with E-state index in [1.165, 1.54) is 0 Å². The van der Waals surface area contributed by atoms with E-state index >= 15 is 0 Å². The van der Waals surface area contributed by atoms with E-state index in [0.717, 1.165) is 42.8 Å². The molecule has 0 bridgehead atoms. The van der Waals surface area contributed by atoms with Crippen LogP contribution in [0.4, 0.5) is 4.79 Å². The summed E-state index contributed by atoms with van der Waals surface area (Å²) < 4.78 is 11.3. The second-order valence-corrected chi connectivity index (χ2v) is 9.56. The van der Waals surface area contributed by atoms with E-state index in [0.29, 0.717) is 36.4 Å². The number of rotatable bonds is 9. The number of nitrogens with zero attached hydrogens (tertiary/aromatic N) is 2. The van der Waals surface area contributed by atoms with Gasteiger partial charge in [-0.2, -0.15) is 0 Å². The average Bonchev–Trinajstić information content (AvgIpc) is 2.81. The predicted molar refractivity (Wildman–Crippen MR) is 133 cm³/mol. The zero-order valence-corrected chi connectivity index (χ0v) is 20.9. The van der Waals surface area contributed by atoms with Crippen molar-refractivity contribution >= 4 is 17.6 Å². The molecule has 0 aliphatic carbocycles. The fraction of sp³-hybridized carbons (Fsp3) is 0.500. The van der Waals surface area contributed by atoms with E-state index in [2.05, 4.69) is 31.1 Å². The third kappa shape index (κ3) is 7.54. The number of amides is 2. The molecule has 1 heterocycles. The Kier molecular flexibility index (Phi) is 9.27. The van der Waals surface area contributed by atoms with E-state index in [1.807, 2.05) is 41.3 Å². The van der Waals surface area contributed by atoms with Gasteiger partial charge in [0, 0.05) is 23.2 Å². The van der Waals surface area contributed by atoms with Crippen molar-refractivity contribution in [1.29, 1.82) is 0 Å². The van der Waals surface area contributed by atoms with Gasteiger partial charge in [-0.25, -0.2) is 4.79 Å². The first-order valence-electron chi connectivity index (χ1n) is 11.6. The Balaban J connectivity index is 1.67. The summed E-state index contributed by atoms with van der Waals surface area (Å²) in [7, 11) is 3.75. The third-order valence-corrected chi connectivity index (χ3v) is 6.17. The normalized spacial score (nSPS) is 14.8. The highest BCUT2D eigenvalue weighted by Crippen LogP contribution is 2.27. The number of hydrogen-bond acceptors (Lipinski definition) is 4. The number of benzene rings is 2. The second kappa shape index (κ2) is 12.1. The summed E-state index contributed by atoms with van der Waals surface area (Å²) in [5.41, 5.74) is 1.98. The fourth-order valence-electron chi connectivity index (χ4n) is 3.95. The Morgan fingerprint density at radius 1 is 1.18 bits per heavy atom. The highest BCUT2D eigenvalue weighted by Gasteiger charge is 2.28.